The standard InChI is InChI=1S/C18H17FN2O3/c1-2-14(12-7-9-13(19)10-8-12)20-21-18(22)17-11-23-15-5-3-4-6-16(15)24-17/h3-10,17H,2,11H2,1H3,(H,21,22)/b20-14-/t17-/m1/s1. The molecule has 1 amide bonds. The molecule has 0 aromatic heterocycles. The molecule has 0 radical (unpaired) electrons. The van der Waals surface area contributed by atoms with E-state index in [9.17, 15) is 9.18 Å². The van der Waals surface area contributed by atoms with E-state index in [0.29, 0.717) is 23.6 Å². The summed E-state index contributed by atoms with van der Waals surface area (Å²) in [5.41, 5.74) is 3.91. The van der Waals surface area contributed by atoms with Crippen molar-refractivity contribution < 1.29 is 18.7 Å². The summed E-state index contributed by atoms with van der Waals surface area (Å²) in [5.74, 6) is 0.440. The van der Waals surface area contributed by atoms with E-state index >= 15 is 0 Å². The molecule has 0 fully saturated rings. The molecule has 0 unspecified atom stereocenters. The van der Waals surface area contributed by atoms with Crippen molar-refractivity contribution in [2.45, 2.75) is 19.4 Å². The Bertz CT molecular complexity index is 759. The number of nitrogens with zero attached hydrogens (tertiary/aromatic N) is 1. The second kappa shape index (κ2) is 7.12. The van der Waals surface area contributed by atoms with Crippen LogP contribution in [0.25, 0.3) is 0 Å². The van der Waals surface area contributed by atoms with Gasteiger partial charge in [0.05, 0.1) is 5.71 Å². The normalized spacial score (nSPS) is 16.6. The molecule has 0 bridgehead atoms. The summed E-state index contributed by atoms with van der Waals surface area (Å²) < 4.78 is 24.1. The highest BCUT2D eigenvalue weighted by Gasteiger charge is 2.27. The van der Waals surface area contributed by atoms with E-state index in [1.165, 1.54) is 12.1 Å². The van der Waals surface area contributed by atoms with Crippen LogP contribution in [0.1, 0.15) is 18.9 Å². The molecule has 2 aromatic rings. The van der Waals surface area contributed by atoms with Gasteiger partial charge in [-0.25, -0.2) is 9.82 Å². The van der Waals surface area contributed by atoms with Crippen molar-refractivity contribution in [3.05, 3.63) is 59.9 Å². The molecular formula is C18H17FN2O3. The van der Waals surface area contributed by atoms with Crippen LogP contribution >= 0.6 is 0 Å². The maximum Gasteiger partial charge on any atom is 0.284 e. The van der Waals surface area contributed by atoms with Gasteiger partial charge in [-0.1, -0.05) is 31.2 Å². The molecule has 24 heavy (non-hydrogen) atoms. The smallest absolute Gasteiger partial charge is 0.284 e. The van der Waals surface area contributed by atoms with E-state index in [-0.39, 0.29) is 12.4 Å². The fourth-order valence-electron chi connectivity index (χ4n) is 2.33. The maximum absolute atomic E-state index is 13.0. The van der Waals surface area contributed by atoms with Crippen LogP contribution in [0.15, 0.2) is 53.6 Å². The van der Waals surface area contributed by atoms with E-state index in [2.05, 4.69) is 10.5 Å². The summed E-state index contributed by atoms with van der Waals surface area (Å²) in [4.78, 5) is 12.2. The minimum atomic E-state index is -0.769. The molecule has 1 heterocycles. The number of nitrogens with one attached hydrogen (secondary N) is 1. The molecule has 124 valence electrons. The number of halogens is 1. The Morgan fingerprint density at radius 3 is 2.62 bits per heavy atom. The van der Waals surface area contributed by atoms with Crippen molar-refractivity contribution in [1.29, 1.82) is 0 Å². The lowest BCUT2D eigenvalue weighted by atomic mass is 10.1. The van der Waals surface area contributed by atoms with Gasteiger partial charge in [0, 0.05) is 0 Å². The average Bonchev–Trinajstić information content (AvgIpc) is 2.63. The highest BCUT2D eigenvalue weighted by Crippen LogP contribution is 2.30. The Hall–Kier alpha value is -2.89. The van der Waals surface area contributed by atoms with Gasteiger partial charge in [-0.3, -0.25) is 4.79 Å². The molecule has 0 saturated carbocycles. The Kier molecular flexibility index (Phi) is 4.74. The topological polar surface area (TPSA) is 59.9 Å². The van der Waals surface area contributed by atoms with E-state index in [0.717, 1.165) is 5.56 Å². The predicted octanol–water partition coefficient (Wildman–Crippen LogP) is 2.90. The van der Waals surface area contributed by atoms with Gasteiger partial charge in [0.25, 0.3) is 5.91 Å². The highest BCUT2D eigenvalue weighted by molar-refractivity contribution is 6.01. The quantitative estimate of drug-likeness (QED) is 0.693. The number of ether oxygens (including phenoxy) is 2. The lowest BCUT2D eigenvalue weighted by molar-refractivity contribution is -0.130. The van der Waals surface area contributed by atoms with E-state index < -0.39 is 12.0 Å². The van der Waals surface area contributed by atoms with Crippen LogP contribution < -0.4 is 14.9 Å². The second-order valence-electron chi connectivity index (χ2n) is 5.26. The molecule has 0 saturated heterocycles. The average molecular weight is 328 g/mol. The largest absolute Gasteiger partial charge is 0.485 e. The van der Waals surface area contributed by atoms with Gasteiger partial charge in [0.1, 0.15) is 12.4 Å². The lowest BCUT2D eigenvalue weighted by Crippen LogP contribution is -2.42. The monoisotopic (exact) mass is 328 g/mol. The van der Waals surface area contributed by atoms with Crippen LogP contribution in [0.3, 0.4) is 0 Å². The number of benzene rings is 2. The molecule has 3 rings (SSSR count). The van der Waals surface area contributed by atoms with Gasteiger partial charge in [0.2, 0.25) is 6.10 Å². The zero-order valence-electron chi connectivity index (χ0n) is 13.2. The number of carbonyl (C=O) groups is 1. The third-order valence-corrected chi connectivity index (χ3v) is 3.61. The van der Waals surface area contributed by atoms with Gasteiger partial charge in [-0.15, -0.1) is 0 Å². The maximum atomic E-state index is 13.0. The van der Waals surface area contributed by atoms with Gasteiger partial charge in [-0.05, 0) is 36.2 Å². The lowest BCUT2D eigenvalue weighted by Gasteiger charge is -2.24. The number of amides is 1. The minimum Gasteiger partial charge on any atom is -0.485 e. The number of para-hydroxylation sites is 2. The molecule has 2 aromatic carbocycles. The molecular weight excluding hydrogens is 311 g/mol. The molecule has 0 aliphatic carbocycles. The van der Waals surface area contributed by atoms with Crippen LogP contribution in [0.4, 0.5) is 4.39 Å². The van der Waals surface area contributed by atoms with E-state index in [4.69, 9.17) is 9.47 Å². The summed E-state index contributed by atoms with van der Waals surface area (Å²) in [7, 11) is 0. The van der Waals surface area contributed by atoms with Crippen LogP contribution in [-0.4, -0.2) is 24.3 Å². The van der Waals surface area contributed by atoms with Crippen molar-refractivity contribution in [3.63, 3.8) is 0 Å². The summed E-state index contributed by atoms with van der Waals surface area (Å²) in [6.45, 7) is 2.03. The van der Waals surface area contributed by atoms with Gasteiger partial charge >= 0.3 is 0 Å². The van der Waals surface area contributed by atoms with Crippen LogP contribution in [-0.2, 0) is 4.79 Å². The van der Waals surface area contributed by atoms with Gasteiger partial charge in [0.15, 0.2) is 11.5 Å². The van der Waals surface area contributed by atoms with Crippen molar-refractivity contribution in [2.75, 3.05) is 6.61 Å². The van der Waals surface area contributed by atoms with Crippen molar-refractivity contribution >= 4 is 11.6 Å². The molecule has 1 aliphatic heterocycles. The first-order chi connectivity index (χ1) is 11.7. The molecule has 1 N–H and O–H groups in total. The number of hydrogen-bond acceptors (Lipinski definition) is 4. The van der Waals surface area contributed by atoms with Crippen LogP contribution in [0, 0.1) is 5.82 Å². The Morgan fingerprint density at radius 1 is 1.21 bits per heavy atom. The third kappa shape index (κ3) is 3.53. The predicted molar refractivity (Wildman–Crippen MR) is 87.7 cm³/mol. The Labute approximate surface area is 139 Å². The summed E-state index contributed by atoms with van der Waals surface area (Å²) in [6, 6.07) is 13.1. The van der Waals surface area contributed by atoms with Gasteiger partial charge < -0.3 is 9.47 Å². The fourth-order valence-corrected chi connectivity index (χ4v) is 2.33. The fraction of sp³-hybridized carbons (Fsp3) is 0.222. The van der Waals surface area contributed by atoms with E-state index in [1.807, 2.05) is 19.1 Å². The van der Waals surface area contributed by atoms with Crippen LogP contribution in [0.5, 0.6) is 11.5 Å². The van der Waals surface area contributed by atoms with Gasteiger partial charge in [-0.2, -0.15) is 5.10 Å². The second-order valence-corrected chi connectivity index (χ2v) is 5.26. The minimum absolute atomic E-state index is 0.121. The Balaban J connectivity index is 1.67. The summed E-state index contributed by atoms with van der Waals surface area (Å²) >= 11 is 0. The summed E-state index contributed by atoms with van der Waals surface area (Å²) in [5, 5.41) is 4.13. The van der Waals surface area contributed by atoms with Crippen molar-refractivity contribution in [3.8, 4) is 11.5 Å². The van der Waals surface area contributed by atoms with E-state index in [1.54, 1.807) is 24.3 Å². The molecule has 1 atom stereocenters. The summed E-state index contributed by atoms with van der Waals surface area (Å²) in [6.07, 6.45) is -0.175. The van der Waals surface area contributed by atoms with Crippen molar-refractivity contribution in [1.82, 2.24) is 5.43 Å². The first-order valence-corrected chi connectivity index (χ1v) is 7.68. The number of hydrogen-bond donors (Lipinski definition) is 1. The first kappa shape index (κ1) is 16.0. The molecule has 5 nitrogen and oxygen atoms in total. The SMILES string of the molecule is CC/C(=N/NC(=O)[C@H]1COc2ccccc2O1)c1ccc(F)cc1. The molecule has 0 spiro atoms. The Morgan fingerprint density at radius 2 is 1.92 bits per heavy atom. The number of rotatable bonds is 4. The number of hydrazone groups is 1. The molecule has 6 heteroatoms. The van der Waals surface area contributed by atoms with Crippen LogP contribution in [0.2, 0.25) is 0 Å². The zero-order valence-corrected chi connectivity index (χ0v) is 13.2. The highest BCUT2D eigenvalue weighted by atomic mass is 19.1. The number of carbonyl (C=O) groups excluding carboxylic acids is 1. The zero-order chi connectivity index (χ0) is 16.9. The van der Waals surface area contributed by atoms with Crippen molar-refractivity contribution in [2.24, 2.45) is 5.10 Å². The third-order valence-electron chi connectivity index (χ3n) is 3.61. The molecule has 1 aliphatic rings. The first-order valence-electron chi connectivity index (χ1n) is 7.68. The number of fused-ring (bicyclic) bond motifs is 1.